The number of aromatic nitrogens is 2. The quantitative estimate of drug-likeness (QED) is 0.756. The highest BCUT2D eigenvalue weighted by molar-refractivity contribution is 5.96. The highest BCUT2D eigenvalue weighted by Crippen LogP contribution is 2.25. The highest BCUT2D eigenvalue weighted by Gasteiger charge is 2.15. The van der Waals surface area contributed by atoms with E-state index in [1.165, 1.54) is 4.68 Å². The second-order valence-electron chi connectivity index (χ2n) is 5.81. The first kappa shape index (κ1) is 16.7. The van der Waals surface area contributed by atoms with Crippen LogP contribution in [0.3, 0.4) is 0 Å². The molecule has 0 radical (unpaired) electrons. The van der Waals surface area contributed by atoms with Crippen LogP contribution in [0.5, 0.6) is 0 Å². The summed E-state index contributed by atoms with van der Waals surface area (Å²) in [6.45, 7) is 0.233. The maximum Gasteiger partial charge on any atom is 0.269 e. The van der Waals surface area contributed by atoms with Crippen LogP contribution in [-0.4, -0.2) is 34.0 Å². The molecule has 2 aromatic rings. The Kier molecular flexibility index (Phi) is 4.78. The normalized spacial score (nSPS) is 12.9. The lowest BCUT2D eigenvalue weighted by molar-refractivity contribution is -0.117. The van der Waals surface area contributed by atoms with Crippen molar-refractivity contribution < 1.29 is 14.4 Å². The summed E-state index contributed by atoms with van der Waals surface area (Å²) in [4.78, 5) is 35.3. The number of fused-ring (bicyclic) bond motifs is 1. The summed E-state index contributed by atoms with van der Waals surface area (Å²) in [6, 6.07) is 7.00. The molecule has 0 atom stereocenters. The Bertz CT molecular complexity index is 827. The molecule has 0 fully saturated rings. The number of rotatable bonds is 5. The molecule has 0 saturated heterocycles. The third kappa shape index (κ3) is 4.03. The molecule has 3 amide bonds. The lowest BCUT2D eigenvalue weighted by atomic mass is 10.0. The lowest BCUT2D eigenvalue weighted by Gasteiger charge is -2.17. The molecule has 0 bridgehead atoms. The van der Waals surface area contributed by atoms with E-state index in [2.05, 4.69) is 21.0 Å². The maximum atomic E-state index is 12.0. The summed E-state index contributed by atoms with van der Waals surface area (Å²) in [5, 5.41) is 12.2. The van der Waals surface area contributed by atoms with Crippen molar-refractivity contribution in [1.82, 2.24) is 15.1 Å². The summed E-state index contributed by atoms with van der Waals surface area (Å²) in [5.74, 6) is -0.448. The van der Waals surface area contributed by atoms with Crippen molar-refractivity contribution in [3.63, 3.8) is 0 Å². The summed E-state index contributed by atoms with van der Waals surface area (Å²) in [5.41, 5.74) is 2.91. The molecule has 8 nitrogen and oxygen atoms in total. The zero-order chi connectivity index (χ0) is 17.8. The van der Waals surface area contributed by atoms with Gasteiger partial charge < -0.3 is 16.0 Å². The topological polar surface area (TPSA) is 105 Å². The third-order valence-electron chi connectivity index (χ3n) is 3.98. The molecule has 0 unspecified atom stereocenters. The first-order valence-electron chi connectivity index (χ1n) is 8.02. The van der Waals surface area contributed by atoms with Crippen molar-refractivity contribution in [2.45, 2.75) is 19.3 Å². The number of anilines is 2. The fraction of sp³-hybridized carbons (Fsp3) is 0.294. The van der Waals surface area contributed by atoms with Crippen molar-refractivity contribution in [1.29, 1.82) is 0 Å². The second-order valence-corrected chi connectivity index (χ2v) is 5.81. The molecular formula is C17H19N5O3. The number of hydrogen-bond donors (Lipinski definition) is 3. The first-order chi connectivity index (χ1) is 12.0. The zero-order valence-electron chi connectivity index (χ0n) is 13.8. The SMILES string of the molecule is Cn1nccc1C(=O)NCCC(=O)Nc1ccc2c(c1)CCC(=O)N2. The van der Waals surface area contributed by atoms with E-state index >= 15 is 0 Å². The Morgan fingerprint density at radius 3 is 2.88 bits per heavy atom. The van der Waals surface area contributed by atoms with Gasteiger partial charge in [-0.05, 0) is 36.2 Å². The summed E-state index contributed by atoms with van der Waals surface area (Å²) in [7, 11) is 1.68. The van der Waals surface area contributed by atoms with E-state index in [1.54, 1.807) is 31.4 Å². The van der Waals surface area contributed by atoms with Gasteiger partial charge in [-0.25, -0.2) is 0 Å². The van der Waals surface area contributed by atoms with Crippen molar-refractivity contribution in [3.8, 4) is 0 Å². The van der Waals surface area contributed by atoms with Gasteiger partial charge in [0.05, 0.1) is 0 Å². The molecule has 3 rings (SSSR count). The maximum absolute atomic E-state index is 12.0. The molecule has 1 aliphatic rings. The molecule has 3 N–H and O–H groups in total. The molecule has 0 saturated carbocycles. The predicted octanol–water partition coefficient (Wildman–Crippen LogP) is 1.06. The molecule has 1 aromatic carbocycles. The molecular weight excluding hydrogens is 322 g/mol. The molecule has 130 valence electrons. The monoisotopic (exact) mass is 341 g/mol. The van der Waals surface area contributed by atoms with Crippen LogP contribution in [0.2, 0.25) is 0 Å². The Morgan fingerprint density at radius 2 is 2.12 bits per heavy atom. The third-order valence-corrected chi connectivity index (χ3v) is 3.98. The number of nitrogens with one attached hydrogen (secondary N) is 3. The van der Waals surface area contributed by atoms with E-state index in [0.29, 0.717) is 24.2 Å². The van der Waals surface area contributed by atoms with Gasteiger partial charge in [-0.1, -0.05) is 0 Å². The number of hydrogen-bond acceptors (Lipinski definition) is 4. The van der Waals surface area contributed by atoms with Gasteiger partial charge in [-0.15, -0.1) is 0 Å². The molecule has 1 aliphatic heterocycles. The number of aryl methyl sites for hydroxylation is 2. The van der Waals surface area contributed by atoms with Gasteiger partial charge >= 0.3 is 0 Å². The summed E-state index contributed by atoms with van der Waals surface area (Å²) in [6.07, 6.45) is 2.81. The van der Waals surface area contributed by atoms with Gasteiger partial charge in [0.25, 0.3) is 5.91 Å². The fourth-order valence-corrected chi connectivity index (χ4v) is 2.66. The first-order valence-corrected chi connectivity index (χ1v) is 8.02. The van der Waals surface area contributed by atoms with Gasteiger partial charge in [-0.3, -0.25) is 19.1 Å². The Hall–Kier alpha value is -3.16. The zero-order valence-corrected chi connectivity index (χ0v) is 13.8. The van der Waals surface area contributed by atoms with Crippen molar-refractivity contribution in [2.24, 2.45) is 7.05 Å². The van der Waals surface area contributed by atoms with E-state index < -0.39 is 0 Å². The van der Waals surface area contributed by atoms with Crippen LogP contribution >= 0.6 is 0 Å². The molecule has 25 heavy (non-hydrogen) atoms. The fourth-order valence-electron chi connectivity index (χ4n) is 2.66. The highest BCUT2D eigenvalue weighted by atomic mass is 16.2. The largest absolute Gasteiger partial charge is 0.350 e. The van der Waals surface area contributed by atoms with Crippen LogP contribution in [0.1, 0.15) is 28.9 Å². The van der Waals surface area contributed by atoms with Crippen LogP contribution in [-0.2, 0) is 23.1 Å². The predicted molar refractivity (Wildman–Crippen MR) is 92.2 cm³/mol. The van der Waals surface area contributed by atoms with Gasteiger partial charge in [0.2, 0.25) is 11.8 Å². The standard InChI is InChI=1S/C17H19N5O3/c1-22-14(6-9-19-22)17(25)18-8-7-16(24)20-12-3-4-13-11(10-12)2-5-15(23)21-13/h3-4,6,9-10H,2,5,7-8H2,1H3,(H,18,25)(H,20,24)(H,21,23). The van der Waals surface area contributed by atoms with Gasteiger partial charge in [0, 0.05) is 44.0 Å². The van der Waals surface area contributed by atoms with E-state index in [-0.39, 0.29) is 30.7 Å². The Labute approximate surface area is 144 Å². The number of benzene rings is 1. The van der Waals surface area contributed by atoms with Crippen molar-refractivity contribution >= 4 is 29.1 Å². The van der Waals surface area contributed by atoms with E-state index in [0.717, 1.165) is 11.3 Å². The van der Waals surface area contributed by atoms with Crippen LogP contribution in [0.4, 0.5) is 11.4 Å². The van der Waals surface area contributed by atoms with Gasteiger partial charge in [0.15, 0.2) is 0 Å². The molecule has 0 spiro atoms. The Morgan fingerprint density at radius 1 is 1.28 bits per heavy atom. The lowest BCUT2D eigenvalue weighted by Crippen LogP contribution is -2.29. The van der Waals surface area contributed by atoms with Crippen molar-refractivity contribution in [3.05, 3.63) is 41.7 Å². The van der Waals surface area contributed by atoms with Gasteiger partial charge in [-0.2, -0.15) is 5.10 Å². The summed E-state index contributed by atoms with van der Waals surface area (Å²) < 4.78 is 1.47. The van der Waals surface area contributed by atoms with Crippen LogP contribution in [0.15, 0.2) is 30.5 Å². The van der Waals surface area contributed by atoms with E-state index in [1.807, 2.05) is 6.07 Å². The molecule has 8 heteroatoms. The average molecular weight is 341 g/mol. The van der Waals surface area contributed by atoms with Crippen LogP contribution in [0, 0.1) is 0 Å². The van der Waals surface area contributed by atoms with Crippen molar-refractivity contribution in [2.75, 3.05) is 17.2 Å². The van der Waals surface area contributed by atoms with Gasteiger partial charge in [0.1, 0.15) is 5.69 Å². The van der Waals surface area contributed by atoms with Crippen LogP contribution in [0.25, 0.3) is 0 Å². The minimum Gasteiger partial charge on any atom is -0.350 e. The minimum absolute atomic E-state index is 0.00782. The number of carbonyl (C=O) groups excluding carboxylic acids is 3. The smallest absolute Gasteiger partial charge is 0.269 e. The number of amides is 3. The summed E-state index contributed by atoms with van der Waals surface area (Å²) >= 11 is 0. The molecule has 1 aromatic heterocycles. The minimum atomic E-state index is -0.266. The number of carbonyl (C=O) groups is 3. The molecule has 2 heterocycles. The molecule has 0 aliphatic carbocycles. The second kappa shape index (κ2) is 7.16. The number of nitrogens with zero attached hydrogens (tertiary/aromatic N) is 2. The van der Waals surface area contributed by atoms with Crippen LogP contribution < -0.4 is 16.0 Å². The van der Waals surface area contributed by atoms with E-state index in [4.69, 9.17) is 0 Å². The Balaban J connectivity index is 1.49. The van der Waals surface area contributed by atoms with E-state index in [9.17, 15) is 14.4 Å². The average Bonchev–Trinajstić information content (AvgIpc) is 3.01.